The van der Waals surface area contributed by atoms with Gasteiger partial charge in [-0.1, -0.05) is 11.6 Å². The standard InChI is InChI=1S/C26H21ClN4O2S2/c1-14-11-16(15(2)30(14)25-21(13-28)19-5-3-4-6-22(19)35-25)12-20-23(32)29-26(34)31(24(20)33)18-9-7-17(27)8-10-18/h7-12H,3-6H2,1-2H3,(H,29,32,34)/b20-12-. The number of carbonyl (C=O) groups excluding carboxylic acids is 2. The van der Waals surface area contributed by atoms with Gasteiger partial charge in [-0.05, 0) is 99.3 Å². The average Bonchev–Trinajstić information content (AvgIpc) is 3.33. The first-order chi connectivity index (χ1) is 16.8. The summed E-state index contributed by atoms with van der Waals surface area (Å²) in [6.07, 6.45) is 5.77. The quantitative estimate of drug-likeness (QED) is 0.285. The van der Waals surface area contributed by atoms with Crippen molar-refractivity contribution in [3.05, 3.63) is 73.9 Å². The van der Waals surface area contributed by atoms with Crippen molar-refractivity contribution in [3.63, 3.8) is 0 Å². The van der Waals surface area contributed by atoms with Crippen LogP contribution in [0.1, 0.15) is 45.8 Å². The average molecular weight is 521 g/mol. The molecule has 1 aromatic carbocycles. The predicted octanol–water partition coefficient (Wildman–Crippen LogP) is 5.39. The fraction of sp³-hybridized carbons (Fsp3) is 0.231. The Hall–Kier alpha value is -3.25. The molecule has 1 N–H and O–H groups in total. The molecule has 0 atom stereocenters. The molecule has 1 saturated heterocycles. The van der Waals surface area contributed by atoms with E-state index < -0.39 is 11.8 Å². The minimum atomic E-state index is -0.542. The van der Waals surface area contributed by atoms with Crippen molar-refractivity contribution in [2.24, 2.45) is 0 Å². The molecule has 35 heavy (non-hydrogen) atoms. The number of hydrogen-bond acceptors (Lipinski definition) is 5. The molecule has 1 aliphatic heterocycles. The number of rotatable bonds is 3. The third-order valence-electron chi connectivity index (χ3n) is 6.42. The molecular formula is C26H21ClN4O2S2. The minimum Gasteiger partial charge on any atom is -0.308 e. The van der Waals surface area contributed by atoms with Crippen LogP contribution in [-0.2, 0) is 22.4 Å². The zero-order valence-corrected chi connectivity index (χ0v) is 21.5. The van der Waals surface area contributed by atoms with Crippen molar-refractivity contribution in [2.45, 2.75) is 39.5 Å². The molecule has 0 radical (unpaired) electrons. The highest BCUT2D eigenvalue weighted by Gasteiger charge is 2.35. The summed E-state index contributed by atoms with van der Waals surface area (Å²) < 4.78 is 2.06. The molecule has 1 fully saturated rings. The number of nitrogens with zero attached hydrogens (tertiary/aromatic N) is 3. The first kappa shape index (κ1) is 23.5. The molecule has 2 amide bonds. The van der Waals surface area contributed by atoms with E-state index in [1.165, 1.54) is 15.3 Å². The van der Waals surface area contributed by atoms with Crippen LogP contribution in [0.15, 0.2) is 35.9 Å². The molecule has 0 bridgehead atoms. The number of thiophene rings is 1. The van der Waals surface area contributed by atoms with Gasteiger partial charge in [-0.15, -0.1) is 11.3 Å². The van der Waals surface area contributed by atoms with Crippen LogP contribution in [0.4, 0.5) is 5.69 Å². The molecule has 2 aliphatic rings. The number of aryl methyl sites for hydroxylation is 2. The van der Waals surface area contributed by atoms with E-state index in [4.69, 9.17) is 23.8 Å². The van der Waals surface area contributed by atoms with E-state index in [1.54, 1.807) is 41.7 Å². The highest BCUT2D eigenvalue weighted by Crippen LogP contribution is 2.38. The Morgan fingerprint density at radius 1 is 1.17 bits per heavy atom. The highest BCUT2D eigenvalue weighted by atomic mass is 35.5. The van der Waals surface area contributed by atoms with E-state index in [0.29, 0.717) is 10.7 Å². The summed E-state index contributed by atoms with van der Waals surface area (Å²) in [6, 6.07) is 11.0. The fourth-order valence-corrected chi connectivity index (χ4v) is 6.57. The Bertz CT molecular complexity index is 1470. The van der Waals surface area contributed by atoms with Gasteiger partial charge in [0.2, 0.25) is 0 Å². The van der Waals surface area contributed by atoms with Gasteiger partial charge in [0.05, 0.1) is 11.3 Å². The van der Waals surface area contributed by atoms with Crippen LogP contribution in [0.3, 0.4) is 0 Å². The number of carbonyl (C=O) groups is 2. The second-order valence-electron chi connectivity index (χ2n) is 8.60. The number of aromatic nitrogens is 1. The Morgan fingerprint density at radius 2 is 1.89 bits per heavy atom. The number of hydrogen-bond donors (Lipinski definition) is 1. The van der Waals surface area contributed by atoms with Crippen LogP contribution in [-0.4, -0.2) is 21.5 Å². The number of amides is 2. The number of halogens is 1. The molecule has 3 aromatic rings. The van der Waals surface area contributed by atoms with Gasteiger partial charge in [0, 0.05) is 21.3 Å². The largest absolute Gasteiger partial charge is 0.308 e. The van der Waals surface area contributed by atoms with E-state index in [-0.39, 0.29) is 10.7 Å². The molecule has 2 aromatic heterocycles. The summed E-state index contributed by atoms with van der Waals surface area (Å²) in [5.74, 6) is -1.05. The molecule has 3 heterocycles. The maximum atomic E-state index is 13.4. The Morgan fingerprint density at radius 3 is 2.60 bits per heavy atom. The zero-order chi connectivity index (χ0) is 24.9. The first-order valence-corrected chi connectivity index (χ1v) is 12.8. The SMILES string of the molecule is Cc1cc(/C=C2/C(=O)NC(=S)N(c3ccc(Cl)cc3)C2=O)c(C)n1-c1sc2c(c1C#N)CCCC2. The number of fused-ring (bicyclic) bond motifs is 1. The third-order valence-corrected chi connectivity index (χ3v) is 8.24. The van der Waals surface area contributed by atoms with Crippen LogP contribution < -0.4 is 10.2 Å². The monoisotopic (exact) mass is 520 g/mol. The molecule has 9 heteroatoms. The Balaban J connectivity index is 1.57. The van der Waals surface area contributed by atoms with Gasteiger partial charge in [-0.3, -0.25) is 19.8 Å². The smallest absolute Gasteiger partial charge is 0.270 e. The van der Waals surface area contributed by atoms with Gasteiger partial charge in [-0.25, -0.2) is 0 Å². The van der Waals surface area contributed by atoms with Gasteiger partial charge >= 0.3 is 0 Å². The van der Waals surface area contributed by atoms with Crippen LogP contribution >= 0.6 is 35.2 Å². The van der Waals surface area contributed by atoms with Gasteiger partial charge in [0.25, 0.3) is 11.8 Å². The molecular weight excluding hydrogens is 500 g/mol. The summed E-state index contributed by atoms with van der Waals surface area (Å²) in [7, 11) is 0. The van der Waals surface area contributed by atoms with Crippen LogP contribution in [0.25, 0.3) is 11.1 Å². The number of thiocarbonyl (C=S) groups is 1. The minimum absolute atomic E-state index is 0.0141. The summed E-state index contributed by atoms with van der Waals surface area (Å²) in [5.41, 5.74) is 4.93. The summed E-state index contributed by atoms with van der Waals surface area (Å²) >= 11 is 12.9. The first-order valence-electron chi connectivity index (χ1n) is 11.2. The van der Waals surface area contributed by atoms with Crippen LogP contribution in [0, 0.1) is 25.2 Å². The maximum absolute atomic E-state index is 13.4. The Labute approximate surface area is 217 Å². The second-order valence-corrected chi connectivity index (χ2v) is 10.5. The molecule has 6 nitrogen and oxygen atoms in total. The van der Waals surface area contributed by atoms with E-state index >= 15 is 0 Å². The molecule has 1 aliphatic carbocycles. The van der Waals surface area contributed by atoms with E-state index in [2.05, 4.69) is 16.0 Å². The van der Waals surface area contributed by atoms with Gasteiger partial charge in [0.1, 0.15) is 16.6 Å². The van der Waals surface area contributed by atoms with Crippen molar-refractivity contribution < 1.29 is 9.59 Å². The second kappa shape index (κ2) is 9.08. The van der Waals surface area contributed by atoms with Crippen molar-refractivity contribution >= 4 is 63.8 Å². The molecule has 0 unspecified atom stereocenters. The lowest BCUT2D eigenvalue weighted by Crippen LogP contribution is -2.54. The van der Waals surface area contributed by atoms with Gasteiger partial charge in [-0.2, -0.15) is 5.26 Å². The summed E-state index contributed by atoms with van der Waals surface area (Å²) in [6.45, 7) is 3.90. The van der Waals surface area contributed by atoms with Crippen molar-refractivity contribution in [2.75, 3.05) is 4.90 Å². The van der Waals surface area contributed by atoms with E-state index in [9.17, 15) is 14.9 Å². The molecule has 0 saturated carbocycles. The van der Waals surface area contributed by atoms with Crippen molar-refractivity contribution in [1.29, 1.82) is 5.26 Å². The van der Waals surface area contributed by atoms with Gasteiger partial charge < -0.3 is 4.57 Å². The highest BCUT2D eigenvalue weighted by molar-refractivity contribution is 7.80. The zero-order valence-electron chi connectivity index (χ0n) is 19.1. The lowest BCUT2D eigenvalue weighted by Gasteiger charge is -2.28. The van der Waals surface area contributed by atoms with Crippen LogP contribution in [0.5, 0.6) is 0 Å². The predicted molar refractivity (Wildman–Crippen MR) is 142 cm³/mol. The Kier molecular flexibility index (Phi) is 6.09. The fourth-order valence-electron chi connectivity index (χ4n) is 4.71. The lowest BCUT2D eigenvalue weighted by molar-refractivity contribution is -0.122. The van der Waals surface area contributed by atoms with Gasteiger partial charge in [0.15, 0.2) is 5.11 Å². The van der Waals surface area contributed by atoms with Crippen molar-refractivity contribution in [1.82, 2.24) is 9.88 Å². The van der Waals surface area contributed by atoms with E-state index in [0.717, 1.165) is 53.2 Å². The number of benzene rings is 1. The van der Waals surface area contributed by atoms with E-state index in [1.807, 2.05) is 19.9 Å². The molecule has 5 rings (SSSR count). The molecule has 176 valence electrons. The normalized spacial score (nSPS) is 16.9. The number of anilines is 1. The summed E-state index contributed by atoms with van der Waals surface area (Å²) in [5, 5.41) is 14.0. The van der Waals surface area contributed by atoms with Crippen LogP contribution in [0.2, 0.25) is 5.02 Å². The van der Waals surface area contributed by atoms with Crippen molar-refractivity contribution in [3.8, 4) is 11.1 Å². The number of nitriles is 1. The third kappa shape index (κ3) is 4.00. The topological polar surface area (TPSA) is 78.1 Å². The maximum Gasteiger partial charge on any atom is 0.270 e. The lowest BCUT2D eigenvalue weighted by atomic mass is 9.96. The molecule has 0 spiro atoms. The number of nitrogens with one attached hydrogen (secondary N) is 1. The summed E-state index contributed by atoms with van der Waals surface area (Å²) in [4.78, 5) is 28.7.